The summed E-state index contributed by atoms with van der Waals surface area (Å²) in [5.74, 6) is 1.28. The van der Waals surface area contributed by atoms with Crippen LogP contribution < -0.4 is 9.47 Å². The molecular weight excluding hydrogens is 142 g/mol. The monoisotopic (exact) mass is 152 g/mol. The normalized spacial score (nSPS) is 9.36. The van der Waals surface area contributed by atoms with Crippen LogP contribution in [0, 0.1) is 6.92 Å². The van der Waals surface area contributed by atoms with Crippen molar-refractivity contribution in [3.05, 3.63) is 24.9 Å². The highest BCUT2D eigenvalue weighted by atomic mass is 16.5. The molecule has 59 valence electrons. The molecular formula is C8H10NO2. The Morgan fingerprint density at radius 1 is 1.27 bits per heavy atom. The molecule has 0 aliphatic carbocycles. The van der Waals surface area contributed by atoms with Crippen molar-refractivity contribution in [2.24, 2.45) is 0 Å². The second-order valence-corrected chi connectivity index (χ2v) is 2.03. The van der Waals surface area contributed by atoms with Crippen molar-refractivity contribution in [1.82, 2.24) is 4.98 Å². The number of pyridine rings is 1. The molecule has 0 amide bonds. The van der Waals surface area contributed by atoms with Crippen LogP contribution in [0.15, 0.2) is 12.3 Å². The van der Waals surface area contributed by atoms with E-state index in [0.29, 0.717) is 17.2 Å². The third-order valence-electron chi connectivity index (χ3n) is 1.33. The number of hydrogen-bond acceptors (Lipinski definition) is 3. The maximum Gasteiger partial charge on any atom is 0.179 e. The molecule has 0 atom stereocenters. The first-order valence-corrected chi connectivity index (χ1v) is 3.18. The van der Waals surface area contributed by atoms with E-state index in [4.69, 9.17) is 9.47 Å². The third-order valence-corrected chi connectivity index (χ3v) is 1.33. The SMILES string of the molecule is [CH2]c1cc(OC)c(OC)cn1. The minimum Gasteiger partial charge on any atom is -0.493 e. The van der Waals surface area contributed by atoms with E-state index in [1.165, 1.54) is 0 Å². The fraction of sp³-hybridized carbons (Fsp3) is 0.250. The van der Waals surface area contributed by atoms with E-state index >= 15 is 0 Å². The van der Waals surface area contributed by atoms with E-state index in [9.17, 15) is 0 Å². The zero-order valence-corrected chi connectivity index (χ0v) is 6.63. The lowest BCUT2D eigenvalue weighted by molar-refractivity contribution is 0.353. The largest absolute Gasteiger partial charge is 0.493 e. The average molecular weight is 152 g/mol. The van der Waals surface area contributed by atoms with Crippen molar-refractivity contribution in [3.63, 3.8) is 0 Å². The van der Waals surface area contributed by atoms with Crippen LogP contribution >= 0.6 is 0 Å². The lowest BCUT2D eigenvalue weighted by atomic mass is 10.3. The van der Waals surface area contributed by atoms with Crippen LogP contribution in [-0.4, -0.2) is 19.2 Å². The van der Waals surface area contributed by atoms with Crippen LogP contribution in [0.1, 0.15) is 5.69 Å². The molecule has 3 nitrogen and oxygen atoms in total. The van der Waals surface area contributed by atoms with Crippen molar-refractivity contribution in [2.75, 3.05) is 14.2 Å². The molecule has 1 heterocycles. The Hall–Kier alpha value is -1.25. The van der Waals surface area contributed by atoms with Gasteiger partial charge in [-0.15, -0.1) is 0 Å². The van der Waals surface area contributed by atoms with Crippen molar-refractivity contribution >= 4 is 0 Å². The molecule has 1 rings (SSSR count). The molecule has 0 spiro atoms. The lowest BCUT2D eigenvalue weighted by Crippen LogP contribution is -1.92. The average Bonchev–Trinajstić information content (AvgIpc) is 2.04. The van der Waals surface area contributed by atoms with Crippen molar-refractivity contribution in [2.45, 2.75) is 0 Å². The van der Waals surface area contributed by atoms with Crippen molar-refractivity contribution in [3.8, 4) is 11.5 Å². The molecule has 0 bridgehead atoms. The number of aromatic nitrogens is 1. The van der Waals surface area contributed by atoms with Crippen LogP contribution in [0.4, 0.5) is 0 Å². The summed E-state index contributed by atoms with van der Waals surface area (Å²) < 4.78 is 9.99. The highest BCUT2D eigenvalue weighted by Crippen LogP contribution is 2.25. The first-order chi connectivity index (χ1) is 5.27. The number of methoxy groups -OCH3 is 2. The number of hydrogen-bond donors (Lipinski definition) is 0. The Balaban J connectivity index is 3.06. The minimum absolute atomic E-state index is 0.625. The van der Waals surface area contributed by atoms with Gasteiger partial charge in [0.15, 0.2) is 11.5 Å². The molecule has 0 unspecified atom stereocenters. The van der Waals surface area contributed by atoms with Gasteiger partial charge in [0.25, 0.3) is 0 Å². The van der Waals surface area contributed by atoms with Gasteiger partial charge in [-0.2, -0.15) is 0 Å². The number of rotatable bonds is 2. The Morgan fingerprint density at radius 3 is 2.45 bits per heavy atom. The highest BCUT2D eigenvalue weighted by Gasteiger charge is 2.01. The summed E-state index contributed by atoms with van der Waals surface area (Å²) in [4.78, 5) is 3.94. The summed E-state index contributed by atoms with van der Waals surface area (Å²) in [6.45, 7) is 3.66. The molecule has 3 heteroatoms. The topological polar surface area (TPSA) is 31.4 Å². The summed E-state index contributed by atoms with van der Waals surface area (Å²) in [5.41, 5.74) is 0.669. The molecule has 0 aliphatic rings. The third kappa shape index (κ3) is 1.61. The van der Waals surface area contributed by atoms with Crippen LogP contribution in [-0.2, 0) is 0 Å². The van der Waals surface area contributed by atoms with Gasteiger partial charge in [-0.3, -0.25) is 4.98 Å². The van der Waals surface area contributed by atoms with E-state index in [2.05, 4.69) is 11.9 Å². The molecule has 11 heavy (non-hydrogen) atoms. The van der Waals surface area contributed by atoms with Gasteiger partial charge in [0, 0.05) is 11.8 Å². The van der Waals surface area contributed by atoms with Crippen molar-refractivity contribution in [1.29, 1.82) is 0 Å². The summed E-state index contributed by atoms with van der Waals surface area (Å²) >= 11 is 0. The standard InChI is InChI=1S/C8H10NO2/c1-6-4-7(10-2)8(11-3)5-9-6/h4-5H,1H2,2-3H3. The number of ether oxygens (including phenoxy) is 2. The maximum atomic E-state index is 5.01. The van der Waals surface area contributed by atoms with Gasteiger partial charge >= 0.3 is 0 Å². The fourth-order valence-electron chi connectivity index (χ4n) is 0.778. The van der Waals surface area contributed by atoms with E-state index in [1.54, 1.807) is 26.5 Å². The fourth-order valence-corrected chi connectivity index (χ4v) is 0.778. The Morgan fingerprint density at radius 2 is 1.91 bits per heavy atom. The second kappa shape index (κ2) is 3.23. The van der Waals surface area contributed by atoms with Gasteiger partial charge in [0.1, 0.15) is 0 Å². The quantitative estimate of drug-likeness (QED) is 0.639. The molecule has 0 saturated carbocycles. The first-order valence-electron chi connectivity index (χ1n) is 3.18. The Bertz CT molecular complexity index is 248. The predicted octanol–water partition coefficient (Wildman–Crippen LogP) is 1.28. The molecule has 1 aromatic rings. The minimum atomic E-state index is 0.625. The van der Waals surface area contributed by atoms with E-state index in [1.807, 2.05) is 0 Å². The van der Waals surface area contributed by atoms with Gasteiger partial charge in [0.05, 0.1) is 20.4 Å². The molecule has 0 aliphatic heterocycles. The van der Waals surface area contributed by atoms with Gasteiger partial charge in [0.2, 0.25) is 0 Å². The summed E-state index contributed by atoms with van der Waals surface area (Å²) in [5, 5.41) is 0. The summed E-state index contributed by atoms with van der Waals surface area (Å²) in [6, 6.07) is 1.72. The maximum absolute atomic E-state index is 5.01. The molecule has 0 fully saturated rings. The molecule has 0 saturated heterocycles. The Kier molecular flexibility index (Phi) is 2.31. The molecule has 1 radical (unpaired) electrons. The second-order valence-electron chi connectivity index (χ2n) is 2.03. The highest BCUT2D eigenvalue weighted by molar-refractivity contribution is 5.39. The predicted molar refractivity (Wildman–Crippen MR) is 41.8 cm³/mol. The van der Waals surface area contributed by atoms with E-state index in [-0.39, 0.29) is 0 Å². The molecule has 0 aromatic carbocycles. The molecule has 1 aromatic heterocycles. The van der Waals surface area contributed by atoms with Gasteiger partial charge in [-0.25, -0.2) is 0 Å². The van der Waals surface area contributed by atoms with Gasteiger partial charge in [-0.05, 0) is 6.92 Å². The lowest BCUT2D eigenvalue weighted by Gasteiger charge is -2.05. The number of nitrogens with zero attached hydrogens (tertiary/aromatic N) is 1. The van der Waals surface area contributed by atoms with Crippen molar-refractivity contribution < 1.29 is 9.47 Å². The van der Waals surface area contributed by atoms with Crippen LogP contribution in [0.2, 0.25) is 0 Å². The van der Waals surface area contributed by atoms with E-state index < -0.39 is 0 Å². The van der Waals surface area contributed by atoms with Crippen LogP contribution in [0.3, 0.4) is 0 Å². The molecule has 0 N–H and O–H groups in total. The Labute approximate surface area is 66.0 Å². The van der Waals surface area contributed by atoms with Gasteiger partial charge in [-0.1, -0.05) is 0 Å². The van der Waals surface area contributed by atoms with Crippen LogP contribution in [0.25, 0.3) is 0 Å². The first kappa shape index (κ1) is 7.85. The summed E-state index contributed by atoms with van der Waals surface area (Å²) in [7, 11) is 3.15. The smallest absolute Gasteiger partial charge is 0.179 e. The van der Waals surface area contributed by atoms with Gasteiger partial charge < -0.3 is 9.47 Å². The zero-order chi connectivity index (χ0) is 8.27. The van der Waals surface area contributed by atoms with E-state index in [0.717, 1.165) is 0 Å². The zero-order valence-electron chi connectivity index (χ0n) is 6.63. The van der Waals surface area contributed by atoms with Crippen LogP contribution in [0.5, 0.6) is 11.5 Å². The summed E-state index contributed by atoms with van der Waals surface area (Å²) in [6.07, 6.45) is 1.58.